The second kappa shape index (κ2) is 4.47. The summed E-state index contributed by atoms with van der Waals surface area (Å²) >= 11 is 0. The third-order valence-corrected chi connectivity index (χ3v) is 6.16. The predicted molar refractivity (Wildman–Crippen MR) is 74.6 cm³/mol. The summed E-state index contributed by atoms with van der Waals surface area (Å²) in [6.07, 6.45) is 10.9. The first kappa shape index (κ1) is 12.2. The molecule has 0 radical (unpaired) electrons. The van der Waals surface area contributed by atoms with Crippen molar-refractivity contribution in [1.82, 2.24) is 10.6 Å². The zero-order valence-electron chi connectivity index (χ0n) is 11.8. The van der Waals surface area contributed by atoms with E-state index in [1.165, 1.54) is 38.5 Å². The molecule has 5 aliphatic rings. The normalized spacial score (nSPS) is 48.9. The molecule has 0 aromatic carbocycles. The van der Waals surface area contributed by atoms with Crippen molar-refractivity contribution < 1.29 is 4.79 Å². The molecule has 5 rings (SSSR count). The summed E-state index contributed by atoms with van der Waals surface area (Å²) < 4.78 is 0. The van der Waals surface area contributed by atoms with Gasteiger partial charge in [0.05, 0.1) is 6.04 Å². The van der Waals surface area contributed by atoms with Gasteiger partial charge in [-0.15, -0.1) is 0 Å². The lowest BCUT2D eigenvalue weighted by Crippen LogP contribution is -2.51. The fourth-order valence-corrected chi connectivity index (χ4v) is 5.93. The van der Waals surface area contributed by atoms with E-state index in [1.807, 2.05) is 0 Å². The van der Waals surface area contributed by atoms with E-state index in [0.29, 0.717) is 5.41 Å². The van der Waals surface area contributed by atoms with Gasteiger partial charge in [-0.05, 0) is 81.1 Å². The monoisotopic (exact) mass is 262 g/mol. The number of rotatable bonds is 2. The Labute approximate surface area is 115 Å². The molecule has 3 heteroatoms. The molecule has 2 N–H and O–H groups in total. The third kappa shape index (κ3) is 2.20. The highest BCUT2D eigenvalue weighted by Crippen LogP contribution is 2.61. The summed E-state index contributed by atoms with van der Waals surface area (Å²) in [7, 11) is 0. The Kier molecular flexibility index (Phi) is 2.87. The topological polar surface area (TPSA) is 41.1 Å². The number of hydrogen-bond acceptors (Lipinski definition) is 2. The number of amides is 1. The average molecular weight is 262 g/mol. The minimum atomic E-state index is 0.0822. The molecule has 106 valence electrons. The molecule has 1 saturated heterocycles. The lowest BCUT2D eigenvalue weighted by atomic mass is 9.48. The summed E-state index contributed by atoms with van der Waals surface area (Å²) in [5.74, 6) is 3.22. The molecule has 0 spiro atoms. The fraction of sp³-hybridized carbons (Fsp3) is 0.938. The highest BCUT2D eigenvalue weighted by atomic mass is 16.2. The Morgan fingerprint density at radius 2 is 1.63 bits per heavy atom. The van der Waals surface area contributed by atoms with Crippen molar-refractivity contribution in [2.45, 2.75) is 57.4 Å². The zero-order chi connectivity index (χ0) is 12.9. The van der Waals surface area contributed by atoms with Crippen LogP contribution >= 0.6 is 0 Å². The highest BCUT2D eigenvalue weighted by molar-refractivity contribution is 5.82. The molecule has 1 aliphatic heterocycles. The third-order valence-electron chi connectivity index (χ3n) is 6.16. The van der Waals surface area contributed by atoms with Crippen molar-refractivity contribution in [2.24, 2.45) is 23.2 Å². The van der Waals surface area contributed by atoms with Gasteiger partial charge in [-0.2, -0.15) is 0 Å². The number of nitrogens with one attached hydrogen (secondary N) is 2. The smallest absolute Gasteiger partial charge is 0.237 e. The van der Waals surface area contributed by atoms with Crippen LogP contribution in [0.3, 0.4) is 0 Å². The molecule has 4 bridgehead atoms. The van der Waals surface area contributed by atoms with E-state index < -0.39 is 0 Å². The van der Waals surface area contributed by atoms with Gasteiger partial charge in [-0.1, -0.05) is 0 Å². The van der Waals surface area contributed by atoms with Gasteiger partial charge >= 0.3 is 0 Å². The van der Waals surface area contributed by atoms with Crippen LogP contribution in [0.1, 0.15) is 51.4 Å². The molecule has 1 amide bonds. The van der Waals surface area contributed by atoms with Crippen LogP contribution < -0.4 is 10.6 Å². The SMILES string of the molecule is O=C1NCCCNC1CC12CC3CC(CC(C3)C1)C2. The van der Waals surface area contributed by atoms with E-state index in [1.54, 1.807) is 0 Å². The standard InChI is InChI=1S/C16H26N2O/c19-15-14(17-2-1-3-18-15)10-16-7-11-4-12(8-16)6-13(5-11)9-16/h11-14,17H,1-10H2,(H,18,19). The van der Waals surface area contributed by atoms with Crippen molar-refractivity contribution >= 4 is 5.91 Å². The van der Waals surface area contributed by atoms with Crippen LogP contribution in [0.15, 0.2) is 0 Å². The molecule has 4 saturated carbocycles. The molecular formula is C16H26N2O. The van der Waals surface area contributed by atoms with Crippen LogP contribution in [-0.2, 0) is 4.79 Å². The minimum absolute atomic E-state index is 0.0822. The maximum Gasteiger partial charge on any atom is 0.237 e. The van der Waals surface area contributed by atoms with E-state index in [2.05, 4.69) is 10.6 Å². The number of carbonyl (C=O) groups is 1. The Bertz CT molecular complexity index is 344. The lowest BCUT2D eigenvalue weighted by Gasteiger charge is -2.57. The van der Waals surface area contributed by atoms with Crippen LogP contribution in [-0.4, -0.2) is 25.0 Å². The predicted octanol–water partition coefficient (Wildman–Crippen LogP) is 2.07. The van der Waals surface area contributed by atoms with Gasteiger partial charge in [0.1, 0.15) is 0 Å². The number of carbonyl (C=O) groups excluding carboxylic acids is 1. The van der Waals surface area contributed by atoms with Gasteiger partial charge in [0.2, 0.25) is 5.91 Å². The number of hydrogen-bond donors (Lipinski definition) is 2. The van der Waals surface area contributed by atoms with Crippen molar-refractivity contribution in [3.8, 4) is 0 Å². The van der Waals surface area contributed by atoms with E-state index in [4.69, 9.17) is 0 Å². The van der Waals surface area contributed by atoms with E-state index in [9.17, 15) is 4.79 Å². The van der Waals surface area contributed by atoms with E-state index in [0.717, 1.165) is 43.7 Å². The van der Waals surface area contributed by atoms with Crippen LogP contribution in [0.4, 0.5) is 0 Å². The van der Waals surface area contributed by atoms with Gasteiger partial charge in [-0.25, -0.2) is 0 Å². The van der Waals surface area contributed by atoms with Crippen LogP contribution in [0.2, 0.25) is 0 Å². The fourth-order valence-electron chi connectivity index (χ4n) is 5.93. The van der Waals surface area contributed by atoms with Crippen molar-refractivity contribution in [3.63, 3.8) is 0 Å². The quantitative estimate of drug-likeness (QED) is 0.800. The first-order chi connectivity index (χ1) is 9.22. The molecule has 1 unspecified atom stereocenters. The highest BCUT2D eigenvalue weighted by Gasteiger charge is 2.51. The van der Waals surface area contributed by atoms with Crippen molar-refractivity contribution in [3.05, 3.63) is 0 Å². The second-order valence-corrected chi connectivity index (χ2v) is 7.77. The van der Waals surface area contributed by atoms with Gasteiger partial charge in [0, 0.05) is 6.54 Å². The Hall–Kier alpha value is -0.570. The van der Waals surface area contributed by atoms with Gasteiger partial charge in [0.25, 0.3) is 0 Å². The molecule has 5 fully saturated rings. The largest absolute Gasteiger partial charge is 0.355 e. The molecule has 0 aromatic heterocycles. The zero-order valence-corrected chi connectivity index (χ0v) is 11.8. The van der Waals surface area contributed by atoms with Crippen molar-refractivity contribution in [2.75, 3.05) is 13.1 Å². The van der Waals surface area contributed by atoms with Crippen LogP contribution in [0.25, 0.3) is 0 Å². The van der Waals surface area contributed by atoms with Crippen molar-refractivity contribution in [1.29, 1.82) is 0 Å². The summed E-state index contributed by atoms with van der Waals surface area (Å²) in [5.41, 5.74) is 0.508. The lowest BCUT2D eigenvalue weighted by molar-refractivity contribution is -0.125. The summed E-state index contributed by atoms with van der Waals surface area (Å²) in [4.78, 5) is 12.2. The van der Waals surface area contributed by atoms with Crippen LogP contribution in [0, 0.1) is 23.2 Å². The van der Waals surface area contributed by atoms with E-state index >= 15 is 0 Å². The second-order valence-electron chi connectivity index (χ2n) is 7.77. The molecule has 19 heavy (non-hydrogen) atoms. The first-order valence-electron chi connectivity index (χ1n) is 8.24. The Morgan fingerprint density at radius 1 is 1.00 bits per heavy atom. The summed E-state index contributed by atoms with van der Waals surface area (Å²) in [5, 5.41) is 6.57. The first-order valence-corrected chi connectivity index (χ1v) is 8.24. The Morgan fingerprint density at radius 3 is 2.26 bits per heavy atom. The summed E-state index contributed by atoms with van der Waals surface area (Å²) in [6, 6.07) is 0.0822. The summed E-state index contributed by atoms with van der Waals surface area (Å²) in [6.45, 7) is 1.85. The maximum absolute atomic E-state index is 12.2. The van der Waals surface area contributed by atoms with Gasteiger partial charge in [0.15, 0.2) is 0 Å². The molecular weight excluding hydrogens is 236 g/mol. The van der Waals surface area contributed by atoms with E-state index in [-0.39, 0.29) is 11.9 Å². The van der Waals surface area contributed by atoms with Gasteiger partial charge in [-0.3, -0.25) is 4.79 Å². The Balaban J connectivity index is 1.50. The molecule has 1 atom stereocenters. The maximum atomic E-state index is 12.2. The van der Waals surface area contributed by atoms with Gasteiger partial charge < -0.3 is 10.6 Å². The molecule has 0 aromatic rings. The average Bonchev–Trinajstić information content (AvgIpc) is 2.53. The molecule has 3 nitrogen and oxygen atoms in total. The molecule has 4 aliphatic carbocycles. The minimum Gasteiger partial charge on any atom is -0.355 e. The molecule has 1 heterocycles. The van der Waals surface area contributed by atoms with Crippen LogP contribution in [0.5, 0.6) is 0 Å².